The van der Waals surface area contributed by atoms with Crippen LogP contribution in [0.5, 0.6) is 0 Å². The fraction of sp³-hybridized carbons (Fsp3) is 0.444. The summed E-state index contributed by atoms with van der Waals surface area (Å²) in [6.45, 7) is 1.58. The number of nitrogens with zero attached hydrogens (tertiary/aromatic N) is 2. The van der Waals surface area contributed by atoms with Gasteiger partial charge in [0.2, 0.25) is 5.91 Å². The van der Waals surface area contributed by atoms with E-state index in [-0.39, 0.29) is 18.9 Å². The van der Waals surface area contributed by atoms with Crippen molar-refractivity contribution in [2.24, 2.45) is 0 Å². The predicted molar refractivity (Wildman–Crippen MR) is 55.8 cm³/mol. The zero-order chi connectivity index (χ0) is 11.4. The van der Waals surface area contributed by atoms with Crippen molar-refractivity contribution in [1.82, 2.24) is 9.88 Å². The number of aromatic nitrogens is 1. The monoisotopic (exact) mass is 228 g/mol. The van der Waals surface area contributed by atoms with Gasteiger partial charge in [-0.3, -0.25) is 9.59 Å². The average Bonchev–Trinajstić information content (AvgIpc) is 2.50. The third-order valence-corrected chi connectivity index (χ3v) is 2.62. The molecule has 0 aliphatic heterocycles. The average molecular weight is 228 g/mol. The van der Waals surface area contributed by atoms with E-state index in [0.717, 1.165) is 5.01 Å². The first kappa shape index (κ1) is 11.6. The zero-order valence-corrected chi connectivity index (χ0v) is 9.37. The number of thiazole rings is 1. The Balaban J connectivity index is 2.52. The number of amides is 1. The lowest BCUT2D eigenvalue weighted by molar-refractivity contribution is -0.143. The quantitative estimate of drug-likeness (QED) is 0.816. The van der Waals surface area contributed by atoms with Gasteiger partial charge in [-0.15, -0.1) is 11.3 Å². The highest BCUT2D eigenvalue weighted by molar-refractivity contribution is 7.09. The van der Waals surface area contributed by atoms with E-state index in [1.807, 2.05) is 12.3 Å². The molecule has 6 heteroatoms. The van der Waals surface area contributed by atoms with Gasteiger partial charge in [0.05, 0.1) is 17.1 Å². The van der Waals surface area contributed by atoms with Crippen LogP contribution in [0.15, 0.2) is 5.38 Å². The lowest BCUT2D eigenvalue weighted by Gasteiger charge is -2.13. The van der Waals surface area contributed by atoms with E-state index in [0.29, 0.717) is 5.69 Å². The largest absolute Gasteiger partial charge is 0.480 e. The van der Waals surface area contributed by atoms with Gasteiger partial charge < -0.3 is 10.0 Å². The van der Waals surface area contributed by atoms with Crippen LogP contribution in [0.3, 0.4) is 0 Å². The maximum Gasteiger partial charge on any atom is 0.323 e. The second-order valence-corrected chi connectivity index (χ2v) is 4.24. The number of carbonyl (C=O) groups excluding carboxylic acids is 1. The SMILES string of the molecule is Cc1nc(CC(=O)N(C)CC(=O)O)cs1. The second-order valence-electron chi connectivity index (χ2n) is 3.18. The Morgan fingerprint density at radius 3 is 2.73 bits per heavy atom. The molecule has 0 aromatic carbocycles. The molecule has 82 valence electrons. The number of aryl methyl sites for hydroxylation is 1. The minimum atomic E-state index is -1.01. The van der Waals surface area contributed by atoms with Crippen LogP contribution in [0.4, 0.5) is 0 Å². The van der Waals surface area contributed by atoms with Crippen LogP contribution < -0.4 is 0 Å². The fourth-order valence-corrected chi connectivity index (χ4v) is 1.68. The number of rotatable bonds is 4. The first-order valence-electron chi connectivity index (χ1n) is 4.36. The highest BCUT2D eigenvalue weighted by Crippen LogP contribution is 2.09. The van der Waals surface area contributed by atoms with Crippen molar-refractivity contribution in [1.29, 1.82) is 0 Å². The number of likely N-dealkylation sites (N-methyl/N-ethyl adjacent to an activating group) is 1. The Labute approximate surface area is 91.4 Å². The standard InChI is InChI=1S/C9H12N2O3S/c1-6-10-7(5-15-6)3-8(12)11(2)4-9(13)14/h5H,3-4H2,1-2H3,(H,13,14). The number of hydrogen-bond donors (Lipinski definition) is 1. The normalized spacial score (nSPS) is 10.0. The van der Waals surface area contributed by atoms with Crippen molar-refractivity contribution in [3.05, 3.63) is 16.1 Å². The van der Waals surface area contributed by atoms with Gasteiger partial charge in [-0.2, -0.15) is 0 Å². The van der Waals surface area contributed by atoms with Gasteiger partial charge in [-0.25, -0.2) is 4.98 Å². The summed E-state index contributed by atoms with van der Waals surface area (Å²) in [5.74, 6) is -1.25. The molecule has 0 bridgehead atoms. The van der Waals surface area contributed by atoms with Crippen LogP contribution in [0, 0.1) is 6.92 Å². The van der Waals surface area contributed by atoms with Gasteiger partial charge in [0.15, 0.2) is 0 Å². The molecule has 0 saturated carbocycles. The minimum Gasteiger partial charge on any atom is -0.480 e. The van der Waals surface area contributed by atoms with Crippen molar-refractivity contribution in [2.45, 2.75) is 13.3 Å². The summed E-state index contributed by atoms with van der Waals surface area (Å²) in [4.78, 5) is 27.2. The Bertz CT molecular complexity index is 375. The molecule has 0 aliphatic rings. The molecule has 1 amide bonds. The second kappa shape index (κ2) is 4.88. The van der Waals surface area contributed by atoms with Crippen molar-refractivity contribution in [3.63, 3.8) is 0 Å². The molecule has 0 aliphatic carbocycles. The number of carbonyl (C=O) groups is 2. The molecule has 0 spiro atoms. The third-order valence-electron chi connectivity index (χ3n) is 1.80. The Morgan fingerprint density at radius 1 is 1.60 bits per heavy atom. The van der Waals surface area contributed by atoms with Gasteiger partial charge in [-0.05, 0) is 6.92 Å². The van der Waals surface area contributed by atoms with Crippen LogP contribution in [-0.2, 0) is 16.0 Å². The van der Waals surface area contributed by atoms with Gasteiger partial charge in [0.25, 0.3) is 0 Å². The maximum absolute atomic E-state index is 11.5. The van der Waals surface area contributed by atoms with Crippen molar-refractivity contribution >= 4 is 23.2 Å². The highest BCUT2D eigenvalue weighted by Gasteiger charge is 2.13. The number of hydrogen-bond acceptors (Lipinski definition) is 4. The van der Waals surface area contributed by atoms with Gasteiger partial charge >= 0.3 is 5.97 Å². The molecule has 0 radical (unpaired) electrons. The molecule has 1 rings (SSSR count). The topological polar surface area (TPSA) is 70.5 Å². The van der Waals surface area contributed by atoms with E-state index in [1.54, 1.807) is 0 Å². The lowest BCUT2D eigenvalue weighted by Crippen LogP contribution is -2.33. The molecule has 1 heterocycles. The summed E-state index contributed by atoms with van der Waals surface area (Å²) in [6.07, 6.45) is 0.161. The first-order valence-corrected chi connectivity index (χ1v) is 5.23. The Hall–Kier alpha value is -1.43. The molecule has 1 N–H and O–H groups in total. The molecular weight excluding hydrogens is 216 g/mol. The van der Waals surface area contributed by atoms with Gasteiger partial charge in [0.1, 0.15) is 6.54 Å². The van der Waals surface area contributed by atoms with E-state index in [4.69, 9.17) is 5.11 Å². The van der Waals surface area contributed by atoms with E-state index in [2.05, 4.69) is 4.98 Å². The molecule has 0 unspecified atom stereocenters. The van der Waals surface area contributed by atoms with E-state index < -0.39 is 5.97 Å². The predicted octanol–water partition coefficient (Wildman–Crippen LogP) is 0.537. The summed E-state index contributed by atoms with van der Waals surface area (Å²) in [7, 11) is 1.47. The summed E-state index contributed by atoms with van der Waals surface area (Å²) < 4.78 is 0. The molecule has 5 nitrogen and oxygen atoms in total. The van der Waals surface area contributed by atoms with E-state index in [1.165, 1.54) is 23.3 Å². The van der Waals surface area contributed by atoms with Crippen molar-refractivity contribution in [3.8, 4) is 0 Å². The van der Waals surface area contributed by atoms with Crippen molar-refractivity contribution in [2.75, 3.05) is 13.6 Å². The van der Waals surface area contributed by atoms with Crippen LogP contribution in [0.25, 0.3) is 0 Å². The molecule has 15 heavy (non-hydrogen) atoms. The van der Waals surface area contributed by atoms with Crippen molar-refractivity contribution < 1.29 is 14.7 Å². The van der Waals surface area contributed by atoms with E-state index in [9.17, 15) is 9.59 Å². The molecule has 0 fully saturated rings. The first-order chi connectivity index (χ1) is 6.99. The number of carboxylic acid groups (broad SMARTS) is 1. The smallest absolute Gasteiger partial charge is 0.323 e. The molecular formula is C9H12N2O3S. The summed E-state index contributed by atoms with van der Waals surface area (Å²) in [5, 5.41) is 11.2. The fourth-order valence-electron chi connectivity index (χ4n) is 1.07. The van der Waals surface area contributed by atoms with Crippen LogP contribution in [0.1, 0.15) is 10.7 Å². The third kappa shape index (κ3) is 3.67. The number of aliphatic carboxylic acids is 1. The van der Waals surface area contributed by atoms with Crippen LogP contribution in [-0.4, -0.2) is 40.5 Å². The molecule has 1 aromatic rings. The lowest BCUT2D eigenvalue weighted by atomic mass is 10.3. The zero-order valence-electron chi connectivity index (χ0n) is 8.56. The summed E-state index contributed by atoms with van der Waals surface area (Å²) in [6, 6.07) is 0. The maximum atomic E-state index is 11.5. The summed E-state index contributed by atoms with van der Waals surface area (Å²) >= 11 is 1.47. The molecule has 0 saturated heterocycles. The summed E-state index contributed by atoms with van der Waals surface area (Å²) in [5.41, 5.74) is 0.694. The Kier molecular flexibility index (Phi) is 3.79. The highest BCUT2D eigenvalue weighted by atomic mass is 32.1. The van der Waals surface area contributed by atoms with Crippen LogP contribution in [0.2, 0.25) is 0 Å². The van der Waals surface area contributed by atoms with Gasteiger partial charge in [0, 0.05) is 12.4 Å². The van der Waals surface area contributed by atoms with Crippen LogP contribution >= 0.6 is 11.3 Å². The van der Waals surface area contributed by atoms with Gasteiger partial charge in [-0.1, -0.05) is 0 Å². The minimum absolute atomic E-state index is 0.161. The molecule has 1 aromatic heterocycles. The number of carboxylic acids is 1. The van der Waals surface area contributed by atoms with E-state index >= 15 is 0 Å². The molecule has 0 atom stereocenters. The Morgan fingerprint density at radius 2 is 2.27 bits per heavy atom.